The third-order valence-corrected chi connectivity index (χ3v) is 5.39. The Hall–Kier alpha value is -2.15. The number of benzene rings is 1. The van der Waals surface area contributed by atoms with Gasteiger partial charge in [-0.2, -0.15) is 0 Å². The number of piperazine rings is 1. The molecule has 0 unspecified atom stereocenters. The van der Waals surface area contributed by atoms with Gasteiger partial charge in [0.15, 0.2) is 0 Å². The number of hydrogen-bond donors (Lipinski definition) is 0. The van der Waals surface area contributed by atoms with Crippen LogP contribution in [0.5, 0.6) is 0 Å². The zero-order valence-corrected chi connectivity index (χ0v) is 15.0. The van der Waals surface area contributed by atoms with Crippen molar-refractivity contribution < 1.29 is 9.72 Å². The quantitative estimate of drug-likeness (QED) is 0.617. The van der Waals surface area contributed by atoms with Crippen LogP contribution in [0.2, 0.25) is 0 Å². The SMILES string of the molecule is Cc1cc([N+](=O)[O-])ccc1N1CCC(C(=O)N2CCN(C)CC2)CC1. The van der Waals surface area contributed by atoms with Gasteiger partial charge in [0.25, 0.3) is 5.69 Å². The van der Waals surface area contributed by atoms with E-state index in [1.165, 1.54) is 0 Å². The molecule has 0 aromatic heterocycles. The second-order valence-corrected chi connectivity index (χ2v) is 7.12. The van der Waals surface area contributed by atoms with Gasteiger partial charge in [-0.1, -0.05) is 0 Å². The maximum Gasteiger partial charge on any atom is 0.269 e. The van der Waals surface area contributed by atoms with Gasteiger partial charge in [0.2, 0.25) is 5.91 Å². The molecule has 2 heterocycles. The number of hydrogen-bond acceptors (Lipinski definition) is 5. The number of aryl methyl sites for hydroxylation is 1. The molecule has 25 heavy (non-hydrogen) atoms. The standard InChI is InChI=1S/C18H26N4O3/c1-14-13-16(22(24)25)3-4-17(14)20-7-5-15(6-8-20)18(23)21-11-9-19(2)10-12-21/h3-4,13,15H,5-12H2,1-2H3. The molecule has 2 aliphatic rings. The number of carbonyl (C=O) groups is 1. The fourth-order valence-corrected chi connectivity index (χ4v) is 3.76. The smallest absolute Gasteiger partial charge is 0.269 e. The minimum atomic E-state index is -0.363. The van der Waals surface area contributed by atoms with Crippen molar-refractivity contribution in [2.24, 2.45) is 5.92 Å². The summed E-state index contributed by atoms with van der Waals surface area (Å²) in [5.41, 5.74) is 2.08. The van der Waals surface area contributed by atoms with E-state index in [0.717, 1.165) is 63.4 Å². The normalized spacial score (nSPS) is 19.9. The average molecular weight is 346 g/mol. The van der Waals surface area contributed by atoms with Crippen LogP contribution in [0.3, 0.4) is 0 Å². The highest BCUT2D eigenvalue weighted by Crippen LogP contribution is 2.29. The first-order valence-corrected chi connectivity index (χ1v) is 8.93. The van der Waals surface area contributed by atoms with E-state index < -0.39 is 0 Å². The van der Waals surface area contributed by atoms with E-state index in [0.29, 0.717) is 5.91 Å². The van der Waals surface area contributed by atoms with Crippen molar-refractivity contribution in [3.8, 4) is 0 Å². The van der Waals surface area contributed by atoms with Crippen molar-refractivity contribution in [2.75, 3.05) is 51.2 Å². The fourth-order valence-electron chi connectivity index (χ4n) is 3.76. The largest absolute Gasteiger partial charge is 0.371 e. The summed E-state index contributed by atoms with van der Waals surface area (Å²) in [5, 5.41) is 10.9. The lowest BCUT2D eigenvalue weighted by atomic mass is 9.94. The van der Waals surface area contributed by atoms with Crippen molar-refractivity contribution >= 4 is 17.3 Å². The predicted molar refractivity (Wildman–Crippen MR) is 96.8 cm³/mol. The van der Waals surface area contributed by atoms with Gasteiger partial charge in [-0.15, -0.1) is 0 Å². The van der Waals surface area contributed by atoms with Crippen LogP contribution >= 0.6 is 0 Å². The minimum absolute atomic E-state index is 0.109. The summed E-state index contributed by atoms with van der Waals surface area (Å²) in [6.45, 7) is 7.11. The van der Waals surface area contributed by atoms with Gasteiger partial charge in [0.1, 0.15) is 0 Å². The minimum Gasteiger partial charge on any atom is -0.371 e. The van der Waals surface area contributed by atoms with E-state index in [9.17, 15) is 14.9 Å². The summed E-state index contributed by atoms with van der Waals surface area (Å²) in [4.78, 5) is 29.7. The molecule has 2 aliphatic heterocycles. The zero-order valence-electron chi connectivity index (χ0n) is 15.0. The lowest BCUT2D eigenvalue weighted by Crippen LogP contribution is -2.50. The van der Waals surface area contributed by atoms with Crippen molar-refractivity contribution in [3.05, 3.63) is 33.9 Å². The number of amides is 1. The van der Waals surface area contributed by atoms with Gasteiger partial charge in [-0.3, -0.25) is 14.9 Å². The Morgan fingerprint density at radius 1 is 1.12 bits per heavy atom. The summed E-state index contributed by atoms with van der Waals surface area (Å²) < 4.78 is 0. The Kier molecular flexibility index (Phi) is 5.22. The Labute approximate surface area is 148 Å². The number of nitro groups is 1. The first kappa shape index (κ1) is 17.7. The molecule has 1 aromatic rings. The topological polar surface area (TPSA) is 69.9 Å². The lowest BCUT2D eigenvalue weighted by molar-refractivity contribution is -0.384. The Balaban J connectivity index is 1.58. The van der Waals surface area contributed by atoms with Gasteiger partial charge in [-0.05, 0) is 38.4 Å². The summed E-state index contributed by atoms with van der Waals surface area (Å²) >= 11 is 0. The lowest BCUT2D eigenvalue weighted by Gasteiger charge is -2.38. The van der Waals surface area contributed by atoms with Gasteiger partial charge in [0.05, 0.1) is 4.92 Å². The van der Waals surface area contributed by atoms with E-state index in [2.05, 4.69) is 16.8 Å². The maximum atomic E-state index is 12.7. The van der Waals surface area contributed by atoms with Crippen molar-refractivity contribution in [2.45, 2.75) is 19.8 Å². The number of non-ortho nitro benzene ring substituents is 1. The average Bonchev–Trinajstić information content (AvgIpc) is 2.62. The van der Waals surface area contributed by atoms with Crippen molar-refractivity contribution in [1.82, 2.24) is 9.80 Å². The van der Waals surface area contributed by atoms with E-state index >= 15 is 0 Å². The molecule has 7 nitrogen and oxygen atoms in total. The number of carbonyl (C=O) groups excluding carboxylic acids is 1. The number of nitro benzene ring substituents is 1. The highest BCUT2D eigenvalue weighted by molar-refractivity contribution is 5.79. The molecule has 136 valence electrons. The molecule has 0 N–H and O–H groups in total. The molecule has 0 bridgehead atoms. The van der Waals surface area contributed by atoms with Gasteiger partial charge < -0.3 is 14.7 Å². The number of rotatable bonds is 3. The molecule has 0 atom stereocenters. The van der Waals surface area contributed by atoms with Crippen LogP contribution in [-0.4, -0.2) is 66.9 Å². The molecular formula is C18H26N4O3. The third-order valence-electron chi connectivity index (χ3n) is 5.39. The molecule has 7 heteroatoms. The van der Waals surface area contributed by atoms with E-state index in [1.54, 1.807) is 12.1 Å². The molecule has 0 saturated carbocycles. The monoisotopic (exact) mass is 346 g/mol. The van der Waals surface area contributed by atoms with Crippen LogP contribution in [-0.2, 0) is 4.79 Å². The van der Waals surface area contributed by atoms with Crippen LogP contribution < -0.4 is 4.90 Å². The van der Waals surface area contributed by atoms with E-state index in [4.69, 9.17) is 0 Å². The molecular weight excluding hydrogens is 320 g/mol. The van der Waals surface area contributed by atoms with Crippen molar-refractivity contribution in [1.29, 1.82) is 0 Å². The Bertz CT molecular complexity index is 648. The Morgan fingerprint density at radius 3 is 2.32 bits per heavy atom. The second kappa shape index (κ2) is 7.39. The molecule has 2 saturated heterocycles. The number of anilines is 1. The summed E-state index contributed by atoms with van der Waals surface area (Å²) in [7, 11) is 2.09. The molecule has 0 radical (unpaired) electrons. The van der Waals surface area contributed by atoms with Crippen LogP contribution in [0.25, 0.3) is 0 Å². The van der Waals surface area contributed by atoms with Gasteiger partial charge >= 0.3 is 0 Å². The summed E-state index contributed by atoms with van der Waals surface area (Å²) in [6, 6.07) is 5.01. The molecule has 0 aliphatic carbocycles. The maximum absolute atomic E-state index is 12.7. The molecule has 3 rings (SSSR count). The highest BCUT2D eigenvalue weighted by atomic mass is 16.6. The zero-order chi connectivity index (χ0) is 18.0. The molecule has 2 fully saturated rings. The third kappa shape index (κ3) is 3.92. The predicted octanol–water partition coefficient (Wildman–Crippen LogP) is 1.89. The molecule has 1 amide bonds. The van der Waals surface area contributed by atoms with Crippen LogP contribution in [0, 0.1) is 23.0 Å². The van der Waals surface area contributed by atoms with Crippen LogP contribution in [0.15, 0.2) is 18.2 Å². The van der Waals surface area contributed by atoms with Crippen LogP contribution in [0.4, 0.5) is 11.4 Å². The van der Waals surface area contributed by atoms with E-state index in [-0.39, 0.29) is 16.5 Å². The first-order valence-electron chi connectivity index (χ1n) is 8.93. The molecule has 1 aromatic carbocycles. The number of piperidine rings is 1. The van der Waals surface area contributed by atoms with Crippen LogP contribution in [0.1, 0.15) is 18.4 Å². The number of likely N-dealkylation sites (N-methyl/N-ethyl adjacent to an activating group) is 1. The van der Waals surface area contributed by atoms with Gasteiger partial charge in [0, 0.05) is 63.0 Å². The second-order valence-electron chi connectivity index (χ2n) is 7.12. The molecule has 0 spiro atoms. The highest BCUT2D eigenvalue weighted by Gasteiger charge is 2.30. The first-order chi connectivity index (χ1) is 12.0. The van der Waals surface area contributed by atoms with Crippen molar-refractivity contribution in [3.63, 3.8) is 0 Å². The Morgan fingerprint density at radius 2 is 1.76 bits per heavy atom. The van der Waals surface area contributed by atoms with Gasteiger partial charge in [-0.25, -0.2) is 0 Å². The summed E-state index contributed by atoms with van der Waals surface area (Å²) in [5.74, 6) is 0.409. The fraction of sp³-hybridized carbons (Fsp3) is 0.611. The van der Waals surface area contributed by atoms with E-state index in [1.807, 2.05) is 17.9 Å². The number of nitrogens with zero attached hydrogens (tertiary/aromatic N) is 4. The summed E-state index contributed by atoms with van der Waals surface area (Å²) in [6.07, 6.45) is 1.70.